The van der Waals surface area contributed by atoms with Crippen LogP contribution in [-0.4, -0.2) is 12.1 Å². The molecule has 0 amide bonds. The largest absolute Gasteiger partial charge is 0.426 e. The fourth-order valence-corrected chi connectivity index (χ4v) is 4.76. The van der Waals surface area contributed by atoms with Gasteiger partial charge in [0.15, 0.2) is 5.41 Å². The number of carbonyl (C=O) groups excluding carboxylic acids is 1. The molecule has 32 heavy (non-hydrogen) atoms. The first-order valence-corrected chi connectivity index (χ1v) is 12.6. The fourth-order valence-electron chi connectivity index (χ4n) is 4.76. The van der Waals surface area contributed by atoms with E-state index >= 15 is 0 Å². The van der Waals surface area contributed by atoms with Crippen LogP contribution >= 0.6 is 0 Å². The Bertz CT molecular complexity index is 675. The van der Waals surface area contributed by atoms with E-state index in [0.29, 0.717) is 18.8 Å². The normalized spacial score (nSPS) is 21.2. The highest BCUT2D eigenvalue weighted by Gasteiger charge is 2.57. The highest BCUT2D eigenvalue weighted by atomic mass is 19.4. The molecule has 1 unspecified atom stereocenters. The number of hydrogen-bond donors (Lipinski definition) is 0. The molecule has 0 radical (unpaired) electrons. The third-order valence-corrected chi connectivity index (χ3v) is 7.23. The van der Waals surface area contributed by atoms with E-state index in [4.69, 9.17) is 4.74 Å². The van der Waals surface area contributed by atoms with E-state index < -0.39 is 17.6 Å². The van der Waals surface area contributed by atoms with E-state index in [0.717, 1.165) is 38.5 Å². The van der Waals surface area contributed by atoms with E-state index in [9.17, 15) is 18.0 Å². The number of halogens is 3. The molecule has 2 rings (SSSR count). The Morgan fingerprint density at radius 2 is 1.50 bits per heavy atom. The number of benzene rings is 1. The summed E-state index contributed by atoms with van der Waals surface area (Å²) >= 11 is 0. The molecule has 1 saturated carbocycles. The van der Waals surface area contributed by atoms with Gasteiger partial charge in [0.2, 0.25) is 0 Å². The van der Waals surface area contributed by atoms with Crippen LogP contribution in [0.2, 0.25) is 0 Å². The van der Waals surface area contributed by atoms with Crippen LogP contribution in [-0.2, 0) is 4.79 Å². The van der Waals surface area contributed by atoms with Gasteiger partial charge in [-0.1, -0.05) is 77.3 Å². The summed E-state index contributed by atoms with van der Waals surface area (Å²) in [5.41, 5.74) is -1.29. The van der Waals surface area contributed by atoms with Gasteiger partial charge in [0.1, 0.15) is 5.75 Å². The van der Waals surface area contributed by atoms with Crippen molar-refractivity contribution in [2.75, 3.05) is 0 Å². The molecule has 0 spiro atoms. The lowest BCUT2D eigenvalue weighted by molar-refractivity contribution is -0.226. The molecule has 1 aliphatic rings. The molecule has 0 aromatic heterocycles. The molecule has 1 atom stereocenters. The van der Waals surface area contributed by atoms with Crippen molar-refractivity contribution in [3.8, 4) is 5.75 Å². The van der Waals surface area contributed by atoms with Crippen LogP contribution in [0.5, 0.6) is 5.75 Å². The lowest BCUT2D eigenvalue weighted by Crippen LogP contribution is -2.45. The van der Waals surface area contributed by atoms with Crippen LogP contribution in [0.1, 0.15) is 116 Å². The second-order valence-electron chi connectivity index (χ2n) is 9.81. The second-order valence-corrected chi connectivity index (χ2v) is 9.81. The standard InChI is InChI=1S/C27H41F3O2/c1-4-6-8-10-20-26(3,27(28,29)30)25(31)32-24-18-16-23(17-19-24)22-14-12-21(13-15-22)11-9-7-5-2/h16-19,21-22H,4-15,20H2,1-3H3. The zero-order valence-corrected chi connectivity index (χ0v) is 20.1. The first-order valence-electron chi connectivity index (χ1n) is 12.6. The number of esters is 1. The SMILES string of the molecule is CCCCCCC(C)(C(=O)Oc1ccc(C2CCC(CCCCC)CC2)cc1)C(F)(F)F. The quantitative estimate of drug-likeness (QED) is 0.179. The number of unbranched alkanes of at least 4 members (excludes halogenated alkanes) is 5. The van der Waals surface area contributed by atoms with Crippen molar-refractivity contribution in [2.24, 2.45) is 11.3 Å². The van der Waals surface area contributed by atoms with E-state index in [-0.39, 0.29) is 12.2 Å². The lowest BCUT2D eigenvalue weighted by atomic mass is 9.77. The average molecular weight is 455 g/mol. The average Bonchev–Trinajstić information content (AvgIpc) is 2.77. The molecule has 182 valence electrons. The molecule has 5 heteroatoms. The summed E-state index contributed by atoms with van der Waals surface area (Å²) in [4.78, 5) is 12.5. The van der Waals surface area contributed by atoms with Gasteiger partial charge in [-0.25, -0.2) is 0 Å². The Balaban J connectivity index is 1.92. The van der Waals surface area contributed by atoms with Crippen LogP contribution in [0.15, 0.2) is 24.3 Å². The minimum absolute atomic E-state index is 0.191. The molecule has 1 aromatic carbocycles. The summed E-state index contributed by atoms with van der Waals surface area (Å²) < 4.78 is 46.3. The van der Waals surface area contributed by atoms with Gasteiger partial charge >= 0.3 is 12.1 Å². The first-order chi connectivity index (χ1) is 15.2. The van der Waals surface area contributed by atoms with E-state index in [2.05, 4.69) is 6.92 Å². The first kappa shape index (κ1) is 26.7. The molecular weight excluding hydrogens is 413 g/mol. The molecule has 0 N–H and O–H groups in total. The molecule has 1 aromatic rings. The van der Waals surface area contributed by atoms with Crippen molar-refractivity contribution in [2.45, 2.75) is 116 Å². The minimum Gasteiger partial charge on any atom is -0.426 e. The molecule has 1 aliphatic carbocycles. The monoisotopic (exact) mass is 454 g/mol. The fraction of sp³-hybridized carbons (Fsp3) is 0.741. The molecule has 2 nitrogen and oxygen atoms in total. The van der Waals surface area contributed by atoms with Crippen molar-refractivity contribution in [3.05, 3.63) is 29.8 Å². The molecule has 1 fully saturated rings. The Kier molecular flexibility index (Phi) is 10.6. The predicted molar refractivity (Wildman–Crippen MR) is 124 cm³/mol. The van der Waals surface area contributed by atoms with E-state index in [1.54, 1.807) is 12.1 Å². The van der Waals surface area contributed by atoms with Crippen molar-refractivity contribution in [1.29, 1.82) is 0 Å². The maximum Gasteiger partial charge on any atom is 0.404 e. The van der Waals surface area contributed by atoms with Crippen molar-refractivity contribution in [1.82, 2.24) is 0 Å². The second kappa shape index (κ2) is 12.6. The maximum atomic E-state index is 13.7. The molecule has 0 heterocycles. The van der Waals surface area contributed by atoms with Crippen LogP contribution < -0.4 is 4.74 Å². The van der Waals surface area contributed by atoms with Crippen LogP contribution in [0.25, 0.3) is 0 Å². The Hall–Kier alpha value is -1.52. The van der Waals surface area contributed by atoms with Gasteiger partial charge in [-0.3, -0.25) is 4.79 Å². The van der Waals surface area contributed by atoms with Gasteiger partial charge in [-0.15, -0.1) is 0 Å². The van der Waals surface area contributed by atoms with Gasteiger partial charge in [0.25, 0.3) is 0 Å². The zero-order valence-electron chi connectivity index (χ0n) is 20.1. The zero-order chi connectivity index (χ0) is 23.6. The Morgan fingerprint density at radius 1 is 0.906 bits per heavy atom. The number of hydrogen-bond acceptors (Lipinski definition) is 2. The van der Waals surface area contributed by atoms with Crippen molar-refractivity contribution < 1.29 is 22.7 Å². The third kappa shape index (κ3) is 7.52. The molecule has 0 aliphatic heterocycles. The van der Waals surface area contributed by atoms with Crippen LogP contribution in [0.3, 0.4) is 0 Å². The van der Waals surface area contributed by atoms with Crippen LogP contribution in [0.4, 0.5) is 13.2 Å². The number of rotatable bonds is 12. The summed E-state index contributed by atoms with van der Waals surface area (Å²) in [5.74, 6) is 0.300. The van der Waals surface area contributed by atoms with Gasteiger partial charge in [0.05, 0.1) is 0 Å². The number of carbonyl (C=O) groups is 1. The van der Waals surface area contributed by atoms with Gasteiger partial charge in [0, 0.05) is 0 Å². The van der Waals surface area contributed by atoms with E-state index in [1.807, 2.05) is 19.1 Å². The maximum absolute atomic E-state index is 13.7. The van der Waals surface area contributed by atoms with Crippen LogP contribution in [0, 0.1) is 11.3 Å². The van der Waals surface area contributed by atoms with Gasteiger partial charge in [-0.05, 0) is 68.6 Å². The summed E-state index contributed by atoms with van der Waals surface area (Å²) in [7, 11) is 0. The molecule has 0 bridgehead atoms. The van der Waals surface area contributed by atoms with Crippen molar-refractivity contribution >= 4 is 5.97 Å². The Morgan fingerprint density at radius 3 is 2.06 bits per heavy atom. The van der Waals surface area contributed by atoms with Gasteiger partial charge in [-0.2, -0.15) is 13.2 Å². The highest BCUT2D eigenvalue weighted by Crippen LogP contribution is 2.44. The Labute approximate surface area is 192 Å². The third-order valence-electron chi connectivity index (χ3n) is 7.23. The summed E-state index contributed by atoms with van der Waals surface area (Å²) in [6.07, 6.45) is 7.97. The smallest absolute Gasteiger partial charge is 0.404 e. The van der Waals surface area contributed by atoms with Crippen molar-refractivity contribution in [3.63, 3.8) is 0 Å². The minimum atomic E-state index is -4.63. The lowest BCUT2D eigenvalue weighted by Gasteiger charge is -2.30. The number of ether oxygens (including phenoxy) is 1. The van der Waals surface area contributed by atoms with Gasteiger partial charge < -0.3 is 4.74 Å². The highest BCUT2D eigenvalue weighted by molar-refractivity contribution is 5.79. The molecular formula is C27H41F3O2. The molecule has 0 saturated heterocycles. The number of alkyl halides is 3. The summed E-state index contributed by atoms with van der Waals surface area (Å²) in [6, 6.07) is 7.12. The summed E-state index contributed by atoms with van der Waals surface area (Å²) in [6.45, 7) is 5.20. The van der Waals surface area contributed by atoms with E-state index in [1.165, 1.54) is 44.1 Å². The topological polar surface area (TPSA) is 26.3 Å². The summed E-state index contributed by atoms with van der Waals surface area (Å²) in [5, 5.41) is 0. The predicted octanol–water partition coefficient (Wildman–Crippen LogP) is 8.99.